The van der Waals surface area contributed by atoms with E-state index in [1.165, 1.54) is 0 Å². The van der Waals surface area contributed by atoms with Crippen LogP contribution in [0.2, 0.25) is 0 Å². The van der Waals surface area contributed by atoms with E-state index in [0.717, 1.165) is 12.8 Å². The molecule has 1 unspecified atom stereocenters. The van der Waals surface area contributed by atoms with E-state index in [0.29, 0.717) is 12.0 Å². The lowest BCUT2D eigenvalue weighted by molar-refractivity contribution is -0.0848. The molecule has 0 saturated carbocycles. The Kier molecular flexibility index (Phi) is 5.99. The molecule has 0 aliphatic rings. The molecule has 2 nitrogen and oxygen atoms in total. The van der Waals surface area contributed by atoms with Gasteiger partial charge >= 0.3 is 0 Å². The first-order valence-corrected chi connectivity index (χ1v) is 6.45. The first kappa shape index (κ1) is 15.9. The highest BCUT2D eigenvalue weighted by Gasteiger charge is 2.29. The molecule has 0 aromatic carbocycles. The fourth-order valence-electron chi connectivity index (χ4n) is 2.45. The largest absolute Gasteiger partial charge is 0.373 e. The lowest BCUT2D eigenvalue weighted by atomic mass is 9.89. The highest BCUT2D eigenvalue weighted by atomic mass is 16.5. The van der Waals surface area contributed by atoms with Crippen LogP contribution >= 0.6 is 0 Å². The molecule has 0 rings (SSSR count). The summed E-state index contributed by atoms with van der Waals surface area (Å²) in [5.41, 5.74) is 0.0574. The van der Waals surface area contributed by atoms with Crippen molar-refractivity contribution in [3.63, 3.8) is 0 Å². The molecule has 0 aromatic heterocycles. The maximum absolute atomic E-state index is 6.15. The average Bonchev–Trinajstić information content (AvgIpc) is 1.98. The van der Waals surface area contributed by atoms with Crippen molar-refractivity contribution < 1.29 is 4.74 Å². The predicted octanol–water partition coefficient (Wildman–Crippen LogP) is 3.60. The molecule has 0 bridgehead atoms. The van der Waals surface area contributed by atoms with Gasteiger partial charge in [-0.05, 0) is 60.4 Å². The van der Waals surface area contributed by atoms with E-state index in [-0.39, 0.29) is 11.1 Å². The number of ether oxygens (including phenoxy) is 1. The van der Waals surface area contributed by atoms with Gasteiger partial charge in [0.15, 0.2) is 0 Å². The van der Waals surface area contributed by atoms with Gasteiger partial charge in [0.25, 0.3) is 0 Å². The maximum Gasteiger partial charge on any atom is 0.0647 e. The van der Waals surface area contributed by atoms with Gasteiger partial charge in [-0.1, -0.05) is 13.8 Å². The van der Waals surface area contributed by atoms with Gasteiger partial charge in [-0.2, -0.15) is 0 Å². The Morgan fingerprint density at radius 1 is 1.06 bits per heavy atom. The quantitative estimate of drug-likeness (QED) is 0.720. The summed E-state index contributed by atoms with van der Waals surface area (Å²) in [5.74, 6) is 0.697. The van der Waals surface area contributed by atoms with Gasteiger partial charge in [-0.25, -0.2) is 0 Å². The fourth-order valence-corrected chi connectivity index (χ4v) is 2.45. The summed E-state index contributed by atoms with van der Waals surface area (Å²) in [7, 11) is 2.01. The van der Waals surface area contributed by atoms with E-state index in [1.807, 2.05) is 7.05 Å². The highest BCUT2D eigenvalue weighted by Crippen LogP contribution is 2.26. The number of rotatable bonds is 7. The van der Waals surface area contributed by atoms with E-state index in [1.54, 1.807) is 0 Å². The molecule has 1 atom stereocenters. The van der Waals surface area contributed by atoms with Gasteiger partial charge in [0.1, 0.15) is 0 Å². The predicted molar refractivity (Wildman–Crippen MR) is 71.8 cm³/mol. The highest BCUT2D eigenvalue weighted by molar-refractivity contribution is 4.85. The summed E-state index contributed by atoms with van der Waals surface area (Å²) < 4.78 is 6.15. The van der Waals surface area contributed by atoms with Crippen LogP contribution in [-0.2, 0) is 4.74 Å². The van der Waals surface area contributed by atoms with Crippen LogP contribution in [0.15, 0.2) is 0 Å². The molecule has 0 fully saturated rings. The molecule has 0 aromatic rings. The lowest BCUT2D eigenvalue weighted by Gasteiger charge is -2.37. The molecular weight excluding hydrogens is 198 g/mol. The molecule has 0 aliphatic heterocycles. The second kappa shape index (κ2) is 6.02. The minimum Gasteiger partial charge on any atom is -0.373 e. The van der Waals surface area contributed by atoms with Gasteiger partial charge in [0, 0.05) is 5.54 Å². The van der Waals surface area contributed by atoms with Crippen molar-refractivity contribution in [2.24, 2.45) is 5.92 Å². The van der Waals surface area contributed by atoms with Crippen LogP contribution < -0.4 is 5.32 Å². The third-order valence-corrected chi connectivity index (χ3v) is 2.87. The van der Waals surface area contributed by atoms with Gasteiger partial charge < -0.3 is 10.1 Å². The minimum absolute atomic E-state index is 0.0686. The van der Waals surface area contributed by atoms with Gasteiger partial charge in [-0.15, -0.1) is 0 Å². The van der Waals surface area contributed by atoms with Crippen molar-refractivity contribution >= 4 is 0 Å². The Balaban J connectivity index is 4.23. The zero-order valence-electron chi connectivity index (χ0n) is 12.5. The molecule has 0 radical (unpaired) electrons. The van der Waals surface area contributed by atoms with Crippen LogP contribution in [0.4, 0.5) is 0 Å². The number of hydrogen-bond acceptors (Lipinski definition) is 2. The van der Waals surface area contributed by atoms with Crippen LogP contribution in [0.25, 0.3) is 0 Å². The molecule has 0 amide bonds. The van der Waals surface area contributed by atoms with E-state index in [2.05, 4.69) is 53.8 Å². The van der Waals surface area contributed by atoms with E-state index in [9.17, 15) is 0 Å². The van der Waals surface area contributed by atoms with Crippen molar-refractivity contribution in [2.45, 2.75) is 78.6 Å². The molecule has 98 valence electrons. The summed E-state index contributed by atoms with van der Waals surface area (Å²) >= 11 is 0. The van der Waals surface area contributed by atoms with Crippen LogP contribution in [0.3, 0.4) is 0 Å². The van der Waals surface area contributed by atoms with Crippen molar-refractivity contribution in [3.8, 4) is 0 Å². The third kappa shape index (κ3) is 7.24. The first-order chi connectivity index (χ1) is 7.08. The van der Waals surface area contributed by atoms with Gasteiger partial charge in [0.05, 0.1) is 11.7 Å². The second-order valence-corrected chi connectivity index (χ2v) is 6.63. The third-order valence-electron chi connectivity index (χ3n) is 2.87. The zero-order valence-corrected chi connectivity index (χ0v) is 12.5. The Labute approximate surface area is 102 Å². The normalized spacial score (nSPS) is 15.6. The summed E-state index contributed by atoms with van der Waals surface area (Å²) in [6.45, 7) is 15.4. The van der Waals surface area contributed by atoms with Crippen molar-refractivity contribution in [1.29, 1.82) is 0 Å². The zero-order chi connectivity index (χ0) is 13.0. The SMILES string of the molecule is CNC(C)(C)CC(C)(C)OC(C)CC(C)C. The smallest absolute Gasteiger partial charge is 0.0647 e. The summed E-state index contributed by atoms with van der Waals surface area (Å²) in [4.78, 5) is 0. The molecule has 0 aliphatic carbocycles. The molecule has 1 N–H and O–H groups in total. The lowest BCUT2D eigenvalue weighted by Crippen LogP contribution is -2.45. The standard InChI is InChI=1S/C14H31NO/c1-11(2)9-12(3)16-14(6,7)10-13(4,5)15-8/h11-12,15H,9-10H2,1-8H3. The summed E-state index contributed by atoms with van der Waals surface area (Å²) in [5, 5.41) is 3.33. The Morgan fingerprint density at radius 3 is 1.94 bits per heavy atom. The summed E-state index contributed by atoms with van der Waals surface area (Å²) in [6.07, 6.45) is 2.48. The molecule has 0 saturated heterocycles. The van der Waals surface area contributed by atoms with Crippen molar-refractivity contribution in [2.75, 3.05) is 7.05 Å². The first-order valence-electron chi connectivity index (χ1n) is 6.45. The molecule has 16 heavy (non-hydrogen) atoms. The fraction of sp³-hybridized carbons (Fsp3) is 1.00. The van der Waals surface area contributed by atoms with E-state index < -0.39 is 0 Å². The van der Waals surface area contributed by atoms with E-state index in [4.69, 9.17) is 4.74 Å². The van der Waals surface area contributed by atoms with E-state index >= 15 is 0 Å². The molecular formula is C14H31NO. The van der Waals surface area contributed by atoms with Gasteiger partial charge in [0.2, 0.25) is 0 Å². The average molecular weight is 229 g/mol. The number of nitrogens with one attached hydrogen (secondary N) is 1. The molecule has 0 spiro atoms. The monoisotopic (exact) mass is 229 g/mol. The van der Waals surface area contributed by atoms with Crippen LogP contribution in [0.1, 0.15) is 61.3 Å². The molecule has 0 heterocycles. The maximum atomic E-state index is 6.15. The number of hydrogen-bond donors (Lipinski definition) is 1. The second-order valence-electron chi connectivity index (χ2n) is 6.63. The van der Waals surface area contributed by atoms with Gasteiger partial charge in [-0.3, -0.25) is 0 Å². The Bertz CT molecular complexity index is 197. The topological polar surface area (TPSA) is 21.3 Å². The van der Waals surface area contributed by atoms with Crippen LogP contribution in [0, 0.1) is 5.92 Å². The molecule has 2 heteroatoms. The van der Waals surface area contributed by atoms with Crippen LogP contribution in [0.5, 0.6) is 0 Å². The Morgan fingerprint density at radius 2 is 1.56 bits per heavy atom. The van der Waals surface area contributed by atoms with Crippen molar-refractivity contribution in [3.05, 3.63) is 0 Å². The summed E-state index contributed by atoms with van der Waals surface area (Å²) in [6, 6.07) is 0. The Hall–Kier alpha value is -0.0800. The van der Waals surface area contributed by atoms with Crippen molar-refractivity contribution in [1.82, 2.24) is 5.32 Å². The van der Waals surface area contributed by atoms with Crippen LogP contribution in [-0.4, -0.2) is 24.3 Å². The minimum atomic E-state index is -0.0686.